The van der Waals surface area contributed by atoms with Crippen LogP contribution in [0.2, 0.25) is 0 Å². The van der Waals surface area contributed by atoms with Gasteiger partial charge in [-0.1, -0.05) is 0 Å². The summed E-state index contributed by atoms with van der Waals surface area (Å²) in [5, 5.41) is 9.81. The summed E-state index contributed by atoms with van der Waals surface area (Å²) in [5.74, 6) is -0.151. The second-order valence-electron chi connectivity index (χ2n) is 5.71. The van der Waals surface area contributed by atoms with Crippen LogP contribution in [0.4, 0.5) is 17.6 Å². The van der Waals surface area contributed by atoms with Gasteiger partial charge in [0.2, 0.25) is 9.84 Å². The van der Waals surface area contributed by atoms with Gasteiger partial charge in [-0.05, 0) is 12.1 Å². The molecule has 23 heavy (non-hydrogen) atoms. The SMILES string of the molecule is O=S(=O)(CF)c1ccc(O[C@H]2C[C@H](F)C2)c2c1[C@H](O)[C@H](F)[C@@H]2F. The molecule has 0 heterocycles. The van der Waals surface area contributed by atoms with Crippen LogP contribution >= 0.6 is 0 Å². The van der Waals surface area contributed by atoms with E-state index in [1.54, 1.807) is 0 Å². The summed E-state index contributed by atoms with van der Waals surface area (Å²) in [6.07, 6.45) is -8.07. The van der Waals surface area contributed by atoms with Crippen LogP contribution in [0.25, 0.3) is 0 Å². The van der Waals surface area contributed by atoms with Crippen LogP contribution in [0.15, 0.2) is 17.0 Å². The summed E-state index contributed by atoms with van der Waals surface area (Å²) in [6, 6.07) is 0.277. The Hall–Kier alpha value is -1.35. The average Bonchev–Trinajstić information content (AvgIpc) is 2.71. The Bertz CT molecular complexity index is 718. The smallest absolute Gasteiger partial charge is 0.207 e. The number of ether oxygens (including phenoxy) is 1. The van der Waals surface area contributed by atoms with Gasteiger partial charge >= 0.3 is 0 Å². The highest BCUT2D eigenvalue weighted by molar-refractivity contribution is 7.91. The molecule has 0 aromatic heterocycles. The summed E-state index contributed by atoms with van der Waals surface area (Å²) >= 11 is 0. The normalized spacial score (nSPS) is 33.2. The van der Waals surface area contributed by atoms with Gasteiger partial charge in [0.15, 0.2) is 18.3 Å². The van der Waals surface area contributed by atoms with Gasteiger partial charge in [-0.2, -0.15) is 0 Å². The highest BCUT2D eigenvalue weighted by Crippen LogP contribution is 2.50. The molecule has 1 N–H and O–H groups in total. The molecule has 3 rings (SSSR count). The molecule has 2 aliphatic carbocycles. The number of aliphatic hydroxyl groups excluding tert-OH is 1. The Kier molecular flexibility index (Phi) is 4.04. The fraction of sp³-hybridized carbons (Fsp3) is 0.571. The number of fused-ring (bicyclic) bond motifs is 1. The van der Waals surface area contributed by atoms with Gasteiger partial charge in [0.25, 0.3) is 0 Å². The first kappa shape index (κ1) is 16.5. The summed E-state index contributed by atoms with van der Waals surface area (Å²) in [6.45, 7) is 0. The molecule has 0 aliphatic heterocycles. The van der Waals surface area contributed by atoms with E-state index in [2.05, 4.69) is 0 Å². The van der Waals surface area contributed by atoms with Crippen molar-refractivity contribution in [3.05, 3.63) is 23.3 Å². The molecule has 3 atom stereocenters. The van der Waals surface area contributed by atoms with Gasteiger partial charge in [-0.3, -0.25) is 0 Å². The van der Waals surface area contributed by atoms with Crippen molar-refractivity contribution in [3.63, 3.8) is 0 Å². The summed E-state index contributed by atoms with van der Waals surface area (Å²) < 4.78 is 82.4. The van der Waals surface area contributed by atoms with Crippen LogP contribution in [0.1, 0.15) is 36.2 Å². The number of hydrogen-bond acceptors (Lipinski definition) is 4. The van der Waals surface area contributed by atoms with E-state index in [0.29, 0.717) is 0 Å². The van der Waals surface area contributed by atoms with E-state index < -0.39 is 62.6 Å². The summed E-state index contributed by atoms with van der Waals surface area (Å²) in [7, 11) is -4.42. The highest BCUT2D eigenvalue weighted by Gasteiger charge is 2.46. The van der Waals surface area contributed by atoms with Gasteiger partial charge in [0.05, 0.1) is 4.90 Å². The van der Waals surface area contributed by atoms with E-state index in [0.717, 1.165) is 12.1 Å². The van der Waals surface area contributed by atoms with Crippen LogP contribution in [-0.2, 0) is 9.84 Å². The highest BCUT2D eigenvalue weighted by atomic mass is 32.2. The maximum absolute atomic E-state index is 14.2. The van der Waals surface area contributed by atoms with Gasteiger partial charge < -0.3 is 9.84 Å². The first-order valence-electron chi connectivity index (χ1n) is 6.98. The molecule has 0 radical (unpaired) electrons. The number of halogens is 4. The molecule has 4 nitrogen and oxygen atoms in total. The van der Waals surface area contributed by atoms with Crippen LogP contribution in [0.5, 0.6) is 5.75 Å². The molecule has 0 bridgehead atoms. The van der Waals surface area contributed by atoms with Crippen LogP contribution in [0.3, 0.4) is 0 Å². The van der Waals surface area contributed by atoms with Crippen molar-refractivity contribution in [1.82, 2.24) is 0 Å². The first-order chi connectivity index (χ1) is 10.8. The van der Waals surface area contributed by atoms with Crippen molar-refractivity contribution < 1.29 is 35.8 Å². The maximum atomic E-state index is 14.2. The lowest BCUT2D eigenvalue weighted by Crippen LogP contribution is -2.35. The van der Waals surface area contributed by atoms with E-state index in [-0.39, 0.29) is 18.6 Å². The molecule has 0 saturated heterocycles. The minimum absolute atomic E-state index is 0.0951. The molecule has 1 saturated carbocycles. The van der Waals surface area contributed by atoms with E-state index in [9.17, 15) is 31.1 Å². The Morgan fingerprint density at radius 3 is 2.39 bits per heavy atom. The number of hydrogen-bond donors (Lipinski definition) is 1. The van der Waals surface area contributed by atoms with Crippen molar-refractivity contribution in [2.75, 3.05) is 6.01 Å². The predicted octanol–water partition coefficient (Wildman–Crippen LogP) is 2.66. The molecule has 0 amide bonds. The number of benzene rings is 1. The molecule has 128 valence electrons. The number of aliphatic hydroxyl groups is 1. The van der Waals surface area contributed by atoms with E-state index in [1.165, 1.54) is 0 Å². The van der Waals surface area contributed by atoms with Gasteiger partial charge in [-0.25, -0.2) is 26.0 Å². The molecule has 1 aromatic carbocycles. The van der Waals surface area contributed by atoms with Gasteiger partial charge in [0, 0.05) is 24.0 Å². The first-order valence-corrected chi connectivity index (χ1v) is 8.64. The number of alkyl halides is 4. The molecule has 1 aromatic rings. The average molecular weight is 354 g/mol. The zero-order chi connectivity index (χ0) is 16.9. The van der Waals surface area contributed by atoms with Crippen LogP contribution < -0.4 is 4.74 Å². The third kappa shape index (κ3) is 2.59. The molecular formula is C14H14F4O4S. The standard InChI is InChI=1S/C14H14F4O4S/c15-5-23(20,21)9-2-1-8(22-7-3-6(16)4-7)10-11(9)14(19)13(18)12(10)17/h1-2,6-7,12-14,19H,3-5H2/t6-,7-,12-,13-,14+/m1/s1. The fourth-order valence-corrected chi connectivity index (χ4v) is 3.83. The van der Waals surface area contributed by atoms with Crippen molar-refractivity contribution >= 4 is 9.84 Å². The topological polar surface area (TPSA) is 63.6 Å². The minimum atomic E-state index is -4.42. The van der Waals surface area contributed by atoms with Crippen LogP contribution in [-0.4, -0.2) is 38.0 Å². The third-order valence-corrected chi connectivity index (χ3v) is 5.48. The zero-order valence-corrected chi connectivity index (χ0v) is 12.6. The molecule has 0 spiro atoms. The Labute approximate surface area is 130 Å². The number of rotatable bonds is 4. The van der Waals surface area contributed by atoms with Gasteiger partial charge in [0.1, 0.15) is 24.1 Å². The Morgan fingerprint density at radius 1 is 1.17 bits per heavy atom. The molecule has 2 aliphatic rings. The van der Waals surface area contributed by atoms with Crippen molar-refractivity contribution in [1.29, 1.82) is 0 Å². The second-order valence-corrected chi connectivity index (χ2v) is 7.60. The molecule has 1 fully saturated rings. The largest absolute Gasteiger partial charge is 0.490 e. The van der Waals surface area contributed by atoms with Crippen molar-refractivity contribution in [2.45, 2.75) is 48.5 Å². The lowest BCUT2D eigenvalue weighted by Gasteiger charge is -2.31. The molecule has 0 unspecified atom stereocenters. The summed E-state index contributed by atoms with van der Waals surface area (Å²) in [5.41, 5.74) is -0.960. The van der Waals surface area contributed by atoms with Crippen LogP contribution in [0, 0.1) is 0 Å². The molecular weight excluding hydrogens is 340 g/mol. The quantitative estimate of drug-likeness (QED) is 0.845. The third-order valence-electron chi connectivity index (χ3n) is 4.17. The zero-order valence-electron chi connectivity index (χ0n) is 11.8. The number of sulfone groups is 1. The van der Waals surface area contributed by atoms with E-state index in [1.807, 2.05) is 0 Å². The molecule has 9 heteroatoms. The van der Waals surface area contributed by atoms with Crippen molar-refractivity contribution in [3.8, 4) is 5.75 Å². The Balaban J connectivity index is 2.08. The lowest BCUT2D eigenvalue weighted by molar-refractivity contribution is 0.0353. The van der Waals surface area contributed by atoms with E-state index in [4.69, 9.17) is 4.74 Å². The Morgan fingerprint density at radius 2 is 1.83 bits per heavy atom. The second kappa shape index (κ2) is 5.62. The fourth-order valence-electron chi connectivity index (χ4n) is 2.87. The maximum Gasteiger partial charge on any atom is 0.207 e. The monoisotopic (exact) mass is 354 g/mol. The predicted molar refractivity (Wildman–Crippen MR) is 71.9 cm³/mol. The summed E-state index contributed by atoms with van der Waals surface area (Å²) in [4.78, 5) is -0.658. The van der Waals surface area contributed by atoms with Gasteiger partial charge in [-0.15, -0.1) is 0 Å². The lowest BCUT2D eigenvalue weighted by atomic mass is 9.93. The van der Waals surface area contributed by atoms with Crippen molar-refractivity contribution in [2.24, 2.45) is 0 Å². The minimum Gasteiger partial charge on any atom is -0.490 e. The van der Waals surface area contributed by atoms with E-state index >= 15 is 0 Å².